The van der Waals surface area contributed by atoms with Crippen molar-refractivity contribution in [1.82, 2.24) is 4.90 Å². The van der Waals surface area contributed by atoms with E-state index in [1.54, 1.807) is 12.1 Å². The van der Waals surface area contributed by atoms with Crippen molar-refractivity contribution in [1.29, 1.82) is 0 Å². The molecule has 0 fully saturated rings. The summed E-state index contributed by atoms with van der Waals surface area (Å²) in [7, 11) is 2.07. The Hall–Kier alpha value is -1.26. The second kappa shape index (κ2) is 5.59. The molecule has 0 bridgehead atoms. The van der Waals surface area contributed by atoms with Crippen molar-refractivity contribution < 1.29 is 14.6 Å². The van der Waals surface area contributed by atoms with Crippen molar-refractivity contribution in [2.75, 3.05) is 26.8 Å². The van der Waals surface area contributed by atoms with E-state index < -0.39 is 0 Å². The second-order valence-electron chi connectivity index (χ2n) is 4.95. The number of hydrogen-bond donors (Lipinski definition) is 1. The molecule has 0 radical (unpaired) electrons. The van der Waals surface area contributed by atoms with Crippen molar-refractivity contribution in [3.63, 3.8) is 0 Å². The molecule has 4 heteroatoms. The maximum absolute atomic E-state index is 9.41. The lowest BCUT2D eigenvalue weighted by Crippen LogP contribution is -2.29. The lowest BCUT2D eigenvalue weighted by Gasteiger charge is -2.23. The Morgan fingerprint density at radius 2 is 2.28 bits per heavy atom. The van der Waals surface area contributed by atoms with E-state index in [1.807, 2.05) is 19.9 Å². The van der Waals surface area contributed by atoms with Crippen LogP contribution in [0, 0.1) is 0 Å². The zero-order chi connectivity index (χ0) is 13.1. The zero-order valence-electron chi connectivity index (χ0n) is 11.2. The van der Waals surface area contributed by atoms with Crippen LogP contribution in [-0.2, 0) is 4.74 Å². The molecular formula is C14H21NO3. The van der Waals surface area contributed by atoms with Crippen LogP contribution in [0.4, 0.5) is 0 Å². The fraction of sp³-hybridized carbons (Fsp3) is 0.571. The highest BCUT2D eigenvalue weighted by Gasteiger charge is 2.27. The molecule has 18 heavy (non-hydrogen) atoms. The molecule has 100 valence electrons. The van der Waals surface area contributed by atoms with Gasteiger partial charge in [0, 0.05) is 18.2 Å². The van der Waals surface area contributed by atoms with E-state index in [1.165, 1.54) is 0 Å². The molecule has 0 spiro atoms. The van der Waals surface area contributed by atoms with Gasteiger partial charge >= 0.3 is 0 Å². The number of nitrogens with zero attached hydrogens (tertiary/aromatic N) is 1. The molecule has 1 N–H and O–H groups in total. The molecule has 1 atom stereocenters. The van der Waals surface area contributed by atoms with Gasteiger partial charge in [-0.15, -0.1) is 0 Å². The molecular weight excluding hydrogens is 230 g/mol. The third-order valence-electron chi connectivity index (χ3n) is 3.18. The van der Waals surface area contributed by atoms with Gasteiger partial charge in [0.15, 0.2) is 0 Å². The Morgan fingerprint density at radius 1 is 1.50 bits per heavy atom. The van der Waals surface area contributed by atoms with Gasteiger partial charge in [-0.3, -0.25) is 4.90 Å². The molecule has 1 unspecified atom stereocenters. The maximum Gasteiger partial charge on any atom is 0.127 e. The lowest BCUT2D eigenvalue weighted by molar-refractivity contribution is 0.0533. The molecule has 1 aromatic rings. The molecule has 2 rings (SSSR count). The summed E-state index contributed by atoms with van der Waals surface area (Å²) in [6.07, 6.45) is 0.266. The molecule has 1 heterocycles. The van der Waals surface area contributed by atoms with Gasteiger partial charge in [-0.25, -0.2) is 0 Å². The van der Waals surface area contributed by atoms with Crippen molar-refractivity contribution in [3.05, 3.63) is 23.8 Å². The van der Waals surface area contributed by atoms with Gasteiger partial charge < -0.3 is 14.6 Å². The number of rotatable bonds is 5. The first-order valence-corrected chi connectivity index (χ1v) is 6.35. The topological polar surface area (TPSA) is 41.9 Å². The fourth-order valence-electron chi connectivity index (χ4n) is 2.13. The number of hydrogen-bond acceptors (Lipinski definition) is 4. The van der Waals surface area contributed by atoms with Crippen molar-refractivity contribution in [2.24, 2.45) is 0 Å². The van der Waals surface area contributed by atoms with Gasteiger partial charge in [0.05, 0.1) is 18.8 Å². The van der Waals surface area contributed by atoms with Crippen molar-refractivity contribution in [3.8, 4) is 11.5 Å². The first-order valence-electron chi connectivity index (χ1n) is 6.35. The number of phenols is 1. The van der Waals surface area contributed by atoms with E-state index in [9.17, 15) is 5.11 Å². The van der Waals surface area contributed by atoms with Crippen molar-refractivity contribution >= 4 is 0 Å². The van der Waals surface area contributed by atoms with Crippen molar-refractivity contribution in [2.45, 2.75) is 26.0 Å². The van der Waals surface area contributed by atoms with Gasteiger partial charge in [-0.1, -0.05) is 0 Å². The number of fused-ring (bicyclic) bond motifs is 1. The molecule has 4 nitrogen and oxygen atoms in total. The predicted molar refractivity (Wildman–Crippen MR) is 70.1 cm³/mol. The minimum absolute atomic E-state index is 0.247. The highest BCUT2D eigenvalue weighted by atomic mass is 16.5. The summed E-state index contributed by atoms with van der Waals surface area (Å²) in [5, 5.41) is 9.41. The average Bonchev–Trinajstić information content (AvgIpc) is 2.71. The van der Waals surface area contributed by atoms with Gasteiger partial charge in [0.2, 0.25) is 0 Å². The predicted octanol–water partition coefficient (Wildman–Crippen LogP) is 2.18. The molecule has 1 aliphatic heterocycles. The molecule has 1 aliphatic rings. The summed E-state index contributed by atoms with van der Waals surface area (Å²) in [4.78, 5) is 2.23. The molecule has 0 aliphatic carbocycles. The van der Waals surface area contributed by atoms with Crippen LogP contribution in [0.25, 0.3) is 0 Å². The molecule has 0 saturated heterocycles. The minimum atomic E-state index is 0.247. The quantitative estimate of drug-likeness (QED) is 0.871. The summed E-state index contributed by atoms with van der Waals surface area (Å²) in [5.74, 6) is 1.04. The van der Waals surface area contributed by atoms with Gasteiger partial charge in [-0.2, -0.15) is 0 Å². The van der Waals surface area contributed by atoms with Gasteiger partial charge in [0.25, 0.3) is 0 Å². The SMILES string of the molecule is CC(C)OCCN(C)C1COc2cc(O)ccc21. The standard InChI is InChI=1S/C14H21NO3/c1-10(2)17-7-6-15(3)13-9-18-14-8-11(16)4-5-12(13)14/h4-5,8,10,13,16H,6-7,9H2,1-3H3. The van der Waals surface area contributed by atoms with Crippen LogP contribution >= 0.6 is 0 Å². The number of phenolic OH excluding ortho intramolecular Hbond substituents is 1. The normalized spacial score (nSPS) is 18.2. The molecule has 0 amide bonds. The Bertz CT molecular complexity index is 406. The van der Waals surface area contributed by atoms with Crippen LogP contribution in [0.1, 0.15) is 25.5 Å². The second-order valence-corrected chi connectivity index (χ2v) is 4.95. The van der Waals surface area contributed by atoms with Crippen LogP contribution in [0.2, 0.25) is 0 Å². The molecule has 0 aromatic heterocycles. The highest BCUT2D eigenvalue weighted by molar-refractivity contribution is 5.44. The third kappa shape index (κ3) is 2.94. The van der Waals surface area contributed by atoms with Crippen LogP contribution in [-0.4, -0.2) is 42.9 Å². The summed E-state index contributed by atoms with van der Waals surface area (Å²) in [6.45, 7) is 6.30. The van der Waals surface area contributed by atoms with E-state index in [0.29, 0.717) is 6.61 Å². The Balaban J connectivity index is 1.95. The van der Waals surface area contributed by atoms with Crippen LogP contribution in [0.3, 0.4) is 0 Å². The summed E-state index contributed by atoms with van der Waals surface area (Å²) >= 11 is 0. The largest absolute Gasteiger partial charge is 0.508 e. The highest BCUT2D eigenvalue weighted by Crippen LogP contribution is 2.37. The summed E-state index contributed by atoms with van der Waals surface area (Å²) < 4.78 is 11.2. The number of ether oxygens (including phenoxy) is 2. The maximum atomic E-state index is 9.41. The number of benzene rings is 1. The number of aromatic hydroxyl groups is 1. The summed E-state index contributed by atoms with van der Waals surface area (Å²) in [6, 6.07) is 5.56. The lowest BCUT2D eigenvalue weighted by atomic mass is 10.1. The van der Waals surface area contributed by atoms with Gasteiger partial charge in [-0.05, 0) is 33.0 Å². The third-order valence-corrected chi connectivity index (χ3v) is 3.18. The Kier molecular flexibility index (Phi) is 4.09. The first kappa shape index (κ1) is 13.2. The van der Waals surface area contributed by atoms with Crippen LogP contribution in [0.15, 0.2) is 18.2 Å². The van der Waals surface area contributed by atoms with E-state index in [2.05, 4.69) is 11.9 Å². The zero-order valence-corrected chi connectivity index (χ0v) is 11.2. The average molecular weight is 251 g/mol. The van der Waals surface area contributed by atoms with Crippen LogP contribution in [0.5, 0.6) is 11.5 Å². The fourth-order valence-corrected chi connectivity index (χ4v) is 2.13. The van der Waals surface area contributed by atoms with Crippen LogP contribution < -0.4 is 4.74 Å². The van der Waals surface area contributed by atoms with E-state index >= 15 is 0 Å². The molecule has 1 aromatic carbocycles. The van der Waals surface area contributed by atoms with E-state index in [4.69, 9.17) is 9.47 Å². The Labute approximate surface area is 108 Å². The van der Waals surface area contributed by atoms with E-state index in [0.717, 1.165) is 24.5 Å². The Morgan fingerprint density at radius 3 is 3.00 bits per heavy atom. The number of likely N-dealkylation sites (N-methyl/N-ethyl adjacent to an activating group) is 1. The molecule has 0 saturated carbocycles. The van der Waals surface area contributed by atoms with E-state index in [-0.39, 0.29) is 17.9 Å². The smallest absolute Gasteiger partial charge is 0.127 e. The first-order chi connectivity index (χ1) is 8.58. The van der Waals surface area contributed by atoms with Gasteiger partial charge in [0.1, 0.15) is 18.1 Å². The minimum Gasteiger partial charge on any atom is -0.508 e. The monoisotopic (exact) mass is 251 g/mol. The summed E-state index contributed by atoms with van der Waals surface area (Å²) in [5.41, 5.74) is 1.14.